The van der Waals surface area contributed by atoms with Crippen LogP contribution in [0.1, 0.15) is 22.8 Å². The Morgan fingerprint density at radius 1 is 0.809 bits per heavy atom. The van der Waals surface area contributed by atoms with Gasteiger partial charge in [-0.15, -0.1) is 23.1 Å². The van der Waals surface area contributed by atoms with Crippen LogP contribution in [-0.4, -0.2) is 28.0 Å². The number of hydrogen-bond acceptors (Lipinski definition) is 6. The van der Waals surface area contributed by atoms with Crippen molar-refractivity contribution in [2.24, 2.45) is 0 Å². The summed E-state index contributed by atoms with van der Waals surface area (Å²) in [6, 6.07) is 25.7. The van der Waals surface area contributed by atoms with Gasteiger partial charge in [0.15, 0.2) is 5.13 Å². The van der Waals surface area contributed by atoms with E-state index in [0.717, 1.165) is 10.5 Å². The Balaban J connectivity index is 1.27. The Bertz CT molecular complexity index is 1970. The monoisotopic (exact) mass is 740 g/mol. The van der Waals surface area contributed by atoms with Gasteiger partial charge in [0, 0.05) is 42.7 Å². The molecule has 1 heterocycles. The molecule has 47 heavy (non-hydrogen) atoms. The molecule has 3 N–H and O–H groups in total. The van der Waals surface area contributed by atoms with Crippen LogP contribution in [0, 0.1) is 0 Å². The average molecular weight is 743 g/mol. The highest BCUT2D eigenvalue weighted by atomic mass is 35.5. The molecule has 0 spiro atoms. The molecule has 0 aliphatic carbocycles. The lowest BCUT2D eigenvalue weighted by Crippen LogP contribution is -2.30. The van der Waals surface area contributed by atoms with E-state index in [1.807, 2.05) is 11.4 Å². The molecule has 0 saturated heterocycles. The third kappa shape index (κ3) is 9.16. The van der Waals surface area contributed by atoms with Gasteiger partial charge in [-0.05, 0) is 67.6 Å². The quantitative estimate of drug-likeness (QED) is 0.0978. The zero-order chi connectivity index (χ0) is 33.5. The fourth-order valence-corrected chi connectivity index (χ4v) is 6.62. The van der Waals surface area contributed by atoms with Gasteiger partial charge >= 0.3 is 0 Å². The largest absolute Gasteiger partial charge is 0.321 e. The molecule has 1 atom stereocenters. The van der Waals surface area contributed by atoms with Crippen LogP contribution in [-0.2, 0) is 9.59 Å². The molecular weight excluding hydrogens is 718 g/mol. The highest BCUT2D eigenvalue weighted by molar-refractivity contribution is 8.00. The van der Waals surface area contributed by atoms with Crippen LogP contribution in [0.15, 0.2) is 107 Å². The number of benzene rings is 4. The number of amides is 3. The summed E-state index contributed by atoms with van der Waals surface area (Å²) in [6.07, 6.45) is 1.43. The van der Waals surface area contributed by atoms with Crippen LogP contribution in [0.4, 0.5) is 10.8 Å². The van der Waals surface area contributed by atoms with Gasteiger partial charge in [-0.2, -0.15) is 0 Å². The highest BCUT2D eigenvalue weighted by Crippen LogP contribution is 2.32. The number of nitrogens with zero attached hydrogens (tertiary/aromatic N) is 1. The number of anilines is 2. The first-order valence-corrected chi connectivity index (χ1v) is 17.2. The Labute approximate surface area is 299 Å². The molecule has 13 heteroatoms. The number of thioether (sulfide) groups is 1. The lowest BCUT2D eigenvalue weighted by atomic mass is 10.1. The molecule has 1 unspecified atom stereocenters. The second kappa shape index (κ2) is 15.8. The van der Waals surface area contributed by atoms with Gasteiger partial charge in [-0.3, -0.25) is 14.4 Å². The molecule has 0 radical (unpaired) electrons. The maximum atomic E-state index is 13.5. The summed E-state index contributed by atoms with van der Waals surface area (Å²) in [5.41, 5.74) is 2.57. The van der Waals surface area contributed by atoms with Crippen molar-refractivity contribution in [1.29, 1.82) is 0 Å². The van der Waals surface area contributed by atoms with Crippen molar-refractivity contribution in [3.05, 3.63) is 133 Å². The Morgan fingerprint density at radius 2 is 1.53 bits per heavy atom. The molecule has 4 aromatic carbocycles. The Morgan fingerprint density at radius 3 is 2.26 bits per heavy atom. The number of rotatable bonds is 10. The molecule has 5 rings (SSSR count). The molecule has 0 saturated carbocycles. The zero-order valence-electron chi connectivity index (χ0n) is 24.4. The zero-order valence-corrected chi connectivity index (χ0v) is 29.0. The molecule has 7 nitrogen and oxygen atoms in total. The smallest absolute Gasteiger partial charge is 0.272 e. The van der Waals surface area contributed by atoms with Gasteiger partial charge < -0.3 is 16.0 Å². The molecule has 238 valence electrons. The minimum absolute atomic E-state index is 0.0663. The molecule has 0 aliphatic heterocycles. The van der Waals surface area contributed by atoms with Crippen molar-refractivity contribution in [2.45, 2.75) is 17.1 Å². The minimum atomic E-state index is -0.597. The first-order chi connectivity index (χ1) is 22.6. The predicted molar refractivity (Wildman–Crippen MR) is 195 cm³/mol. The van der Waals surface area contributed by atoms with Gasteiger partial charge in [0.1, 0.15) is 5.70 Å². The standard InChI is InChI=1S/C34H24Cl4N4O3S2/c1-19(31(43)42-34-41-30(18-46-34)21-13-14-27(37)28(38)15-21)47-23-10-5-9-22(16-23)39-33(45)29(17-24-25(35)11-6-12-26(24)36)40-32(44)20-7-3-2-4-8-20/h2-19H,1H3,(H,39,45)(H,40,44)(H,41,42,43)/b29-17+. The van der Waals surface area contributed by atoms with E-state index in [1.54, 1.807) is 91.9 Å². The number of nitrogens with one attached hydrogen (secondary N) is 3. The molecule has 1 aromatic heterocycles. The normalized spacial score (nSPS) is 11.9. The van der Waals surface area contributed by atoms with E-state index < -0.39 is 17.1 Å². The van der Waals surface area contributed by atoms with Gasteiger partial charge in [0.2, 0.25) is 5.91 Å². The van der Waals surface area contributed by atoms with E-state index in [9.17, 15) is 14.4 Å². The van der Waals surface area contributed by atoms with E-state index in [1.165, 1.54) is 29.2 Å². The lowest BCUT2D eigenvalue weighted by molar-refractivity contribution is -0.115. The first kappa shape index (κ1) is 34.5. The number of carbonyl (C=O) groups is 3. The van der Waals surface area contributed by atoms with Crippen LogP contribution in [0.5, 0.6) is 0 Å². The third-order valence-electron chi connectivity index (χ3n) is 6.54. The predicted octanol–water partition coefficient (Wildman–Crippen LogP) is 9.95. The third-order valence-corrected chi connectivity index (χ3v) is 9.79. The highest BCUT2D eigenvalue weighted by Gasteiger charge is 2.19. The second-order valence-electron chi connectivity index (χ2n) is 9.91. The summed E-state index contributed by atoms with van der Waals surface area (Å²) >= 11 is 27.5. The fraction of sp³-hybridized carbons (Fsp3) is 0.0588. The number of hydrogen-bond donors (Lipinski definition) is 3. The maximum absolute atomic E-state index is 13.5. The van der Waals surface area contributed by atoms with Crippen molar-refractivity contribution >= 4 is 104 Å². The number of carbonyl (C=O) groups excluding carboxylic acids is 3. The van der Waals surface area contributed by atoms with E-state index in [0.29, 0.717) is 47.7 Å². The summed E-state index contributed by atoms with van der Waals surface area (Å²) in [7, 11) is 0. The lowest BCUT2D eigenvalue weighted by Gasteiger charge is -2.14. The minimum Gasteiger partial charge on any atom is -0.321 e. The van der Waals surface area contributed by atoms with Gasteiger partial charge in [-0.25, -0.2) is 4.98 Å². The average Bonchev–Trinajstić information content (AvgIpc) is 3.52. The van der Waals surface area contributed by atoms with Crippen LogP contribution in [0.3, 0.4) is 0 Å². The van der Waals surface area contributed by atoms with Crippen LogP contribution in [0.25, 0.3) is 17.3 Å². The van der Waals surface area contributed by atoms with E-state index in [4.69, 9.17) is 46.4 Å². The Kier molecular flexibility index (Phi) is 11.6. The van der Waals surface area contributed by atoms with Crippen LogP contribution < -0.4 is 16.0 Å². The van der Waals surface area contributed by atoms with Crippen molar-refractivity contribution in [1.82, 2.24) is 10.3 Å². The van der Waals surface area contributed by atoms with Gasteiger partial charge in [-0.1, -0.05) is 82.8 Å². The van der Waals surface area contributed by atoms with Crippen LogP contribution in [0.2, 0.25) is 20.1 Å². The van der Waals surface area contributed by atoms with Crippen molar-refractivity contribution in [3.63, 3.8) is 0 Å². The van der Waals surface area contributed by atoms with Crippen molar-refractivity contribution in [2.75, 3.05) is 10.6 Å². The molecule has 5 aromatic rings. The molecule has 0 fully saturated rings. The number of aromatic nitrogens is 1. The van der Waals surface area contributed by atoms with Crippen molar-refractivity contribution < 1.29 is 14.4 Å². The summed E-state index contributed by atoms with van der Waals surface area (Å²) in [6.45, 7) is 1.77. The summed E-state index contributed by atoms with van der Waals surface area (Å²) in [4.78, 5) is 44.8. The molecular formula is C34H24Cl4N4O3S2. The molecule has 3 amide bonds. The van der Waals surface area contributed by atoms with Crippen molar-refractivity contribution in [3.8, 4) is 11.3 Å². The topological polar surface area (TPSA) is 100 Å². The first-order valence-electron chi connectivity index (χ1n) is 13.9. The number of halogens is 4. The summed E-state index contributed by atoms with van der Waals surface area (Å²) in [5.74, 6) is -1.33. The van der Waals surface area contributed by atoms with Gasteiger partial charge in [0.05, 0.1) is 21.0 Å². The van der Waals surface area contributed by atoms with Gasteiger partial charge in [0.25, 0.3) is 11.8 Å². The number of thiazole rings is 1. The molecule has 0 aliphatic rings. The molecule has 0 bridgehead atoms. The van der Waals surface area contributed by atoms with Crippen LogP contribution >= 0.6 is 69.5 Å². The van der Waals surface area contributed by atoms with E-state index >= 15 is 0 Å². The second-order valence-corrected chi connectivity index (χ2v) is 13.8. The maximum Gasteiger partial charge on any atom is 0.272 e. The summed E-state index contributed by atoms with van der Waals surface area (Å²) in [5, 5.41) is 11.6. The Hall–Kier alpha value is -3.83. The SMILES string of the molecule is CC(Sc1cccc(NC(=O)/C(=C\c2c(Cl)cccc2Cl)NC(=O)c2ccccc2)c1)C(=O)Nc1nc(-c2ccc(Cl)c(Cl)c2)cs1. The fourth-order valence-electron chi connectivity index (χ4n) is 4.16. The summed E-state index contributed by atoms with van der Waals surface area (Å²) < 4.78 is 0. The van der Waals surface area contributed by atoms with E-state index in [-0.39, 0.29) is 11.6 Å². The van der Waals surface area contributed by atoms with E-state index in [2.05, 4.69) is 20.9 Å².